The molecular weight excluding hydrogens is 346 g/mol. The van der Waals surface area contributed by atoms with Gasteiger partial charge in [0.2, 0.25) is 0 Å². The topological polar surface area (TPSA) is 70.8 Å². The third kappa shape index (κ3) is 5.34. The molecule has 0 bridgehead atoms. The quantitative estimate of drug-likeness (QED) is 0.557. The predicted molar refractivity (Wildman–Crippen MR) is 99.6 cm³/mol. The van der Waals surface area contributed by atoms with Gasteiger partial charge in [-0.2, -0.15) is 0 Å². The van der Waals surface area contributed by atoms with Crippen molar-refractivity contribution < 1.29 is 23.5 Å². The number of carbonyl (C=O) groups is 1. The summed E-state index contributed by atoms with van der Waals surface area (Å²) < 4.78 is 21.2. The molecule has 3 rings (SSSR count). The van der Waals surface area contributed by atoms with Crippen LogP contribution in [0.25, 0.3) is 11.3 Å². The van der Waals surface area contributed by atoms with Crippen LogP contribution in [0.3, 0.4) is 0 Å². The molecule has 27 heavy (non-hydrogen) atoms. The van der Waals surface area contributed by atoms with Gasteiger partial charge in [0.1, 0.15) is 23.8 Å². The summed E-state index contributed by atoms with van der Waals surface area (Å²) >= 11 is 0. The molecule has 0 aliphatic heterocycles. The smallest absolute Gasteiger partial charge is 0.344 e. The standard InChI is InChI=1S/C21H21NO5/c1-3-24-18-8-10-19(11-9-18)25-14-21(23)26-13-17-12-20(27-22-17)16-6-4-15(2)5-7-16/h4-12H,3,13-14H2,1-2H3. The van der Waals surface area contributed by atoms with Crippen LogP contribution in [0.2, 0.25) is 0 Å². The lowest BCUT2D eigenvalue weighted by atomic mass is 10.1. The number of hydrogen-bond acceptors (Lipinski definition) is 6. The Morgan fingerprint density at radius 2 is 1.67 bits per heavy atom. The van der Waals surface area contributed by atoms with Crippen LogP contribution in [0.5, 0.6) is 11.5 Å². The summed E-state index contributed by atoms with van der Waals surface area (Å²) in [5, 5.41) is 3.93. The SMILES string of the molecule is CCOc1ccc(OCC(=O)OCc2cc(-c3ccc(C)cc3)on2)cc1. The second kappa shape index (κ2) is 8.89. The number of esters is 1. The van der Waals surface area contributed by atoms with Crippen LogP contribution in [0, 0.1) is 6.92 Å². The Kier molecular flexibility index (Phi) is 6.10. The Bertz CT molecular complexity index is 868. The van der Waals surface area contributed by atoms with E-state index < -0.39 is 5.97 Å². The van der Waals surface area contributed by atoms with E-state index >= 15 is 0 Å². The highest BCUT2D eigenvalue weighted by Gasteiger charge is 2.10. The molecule has 3 aromatic rings. The number of aromatic nitrogens is 1. The maximum Gasteiger partial charge on any atom is 0.344 e. The molecule has 0 aliphatic carbocycles. The van der Waals surface area contributed by atoms with Crippen molar-refractivity contribution in [3.63, 3.8) is 0 Å². The molecule has 1 aromatic heterocycles. The molecule has 6 heteroatoms. The molecule has 2 aromatic carbocycles. The van der Waals surface area contributed by atoms with E-state index in [1.54, 1.807) is 30.3 Å². The zero-order valence-corrected chi connectivity index (χ0v) is 15.3. The number of benzene rings is 2. The van der Waals surface area contributed by atoms with E-state index in [-0.39, 0.29) is 13.2 Å². The summed E-state index contributed by atoms with van der Waals surface area (Å²) in [6.07, 6.45) is 0. The van der Waals surface area contributed by atoms with Gasteiger partial charge in [-0.05, 0) is 38.1 Å². The number of hydrogen-bond donors (Lipinski definition) is 0. The van der Waals surface area contributed by atoms with Crippen LogP contribution in [0.4, 0.5) is 0 Å². The molecule has 0 radical (unpaired) electrons. The molecule has 1 heterocycles. The predicted octanol–water partition coefficient (Wildman–Crippen LogP) is 4.17. The lowest BCUT2D eigenvalue weighted by Crippen LogP contribution is -2.14. The second-order valence-corrected chi connectivity index (χ2v) is 5.90. The molecular formula is C21H21NO5. The number of aryl methyl sites for hydroxylation is 1. The molecule has 6 nitrogen and oxygen atoms in total. The Balaban J connectivity index is 1.46. The van der Waals surface area contributed by atoms with Crippen molar-refractivity contribution in [3.8, 4) is 22.8 Å². The fourth-order valence-corrected chi connectivity index (χ4v) is 2.37. The van der Waals surface area contributed by atoms with Gasteiger partial charge in [0.15, 0.2) is 12.4 Å². The maximum absolute atomic E-state index is 11.8. The summed E-state index contributed by atoms with van der Waals surface area (Å²) in [4.78, 5) is 11.8. The van der Waals surface area contributed by atoms with Crippen LogP contribution in [-0.2, 0) is 16.1 Å². The van der Waals surface area contributed by atoms with Gasteiger partial charge in [-0.25, -0.2) is 4.79 Å². The zero-order valence-electron chi connectivity index (χ0n) is 15.3. The first-order valence-corrected chi connectivity index (χ1v) is 8.68. The van der Waals surface area contributed by atoms with Crippen LogP contribution >= 0.6 is 0 Å². The van der Waals surface area contributed by atoms with E-state index in [0.29, 0.717) is 23.8 Å². The second-order valence-electron chi connectivity index (χ2n) is 5.90. The number of rotatable bonds is 8. The van der Waals surface area contributed by atoms with Gasteiger partial charge in [-0.15, -0.1) is 0 Å². The monoisotopic (exact) mass is 367 g/mol. The van der Waals surface area contributed by atoms with Crippen molar-refractivity contribution in [2.45, 2.75) is 20.5 Å². The van der Waals surface area contributed by atoms with Gasteiger partial charge in [0.05, 0.1) is 6.61 Å². The maximum atomic E-state index is 11.8. The van der Waals surface area contributed by atoms with Crippen molar-refractivity contribution in [2.75, 3.05) is 13.2 Å². The van der Waals surface area contributed by atoms with Crippen LogP contribution in [-0.4, -0.2) is 24.3 Å². The van der Waals surface area contributed by atoms with Crippen molar-refractivity contribution in [1.82, 2.24) is 5.16 Å². The minimum atomic E-state index is -0.483. The molecule has 0 fully saturated rings. The first kappa shape index (κ1) is 18.5. The molecule has 0 N–H and O–H groups in total. The summed E-state index contributed by atoms with van der Waals surface area (Å²) in [6, 6.07) is 16.7. The first-order chi connectivity index (χ1) is 13.1. The average Bonchev–Trinajstić information content (AvgIpc) is 3.16. The van der Waals surface area contributed by atoms with Gasteiger partial charge >= 0.3 is 5.97 Å². The van der Waals surface area contributed by atoms with E-state index in [1.165, 1.54) is 5.56 Å². The lowest BCUT2D eigenvalue weighted by molar-refractivity contribution is -0.147. The lowest BCUT2D eigenvalue weighted by Gasteiger charge is -2.07. The van der Waals surface area contributed by atoms with Gasteiger partial charge in [0.25, 0.3) is 0 Å². The molecule has 0 unspecified atom stereocenters. The molecule has 140 valence electrons. The summed E-state index contributed by atoms with van der Waals surface area (Å²) in [7, 11) is 0. The van der Waals surface area contributed by atoms with E-state index in [2.05, 4.69) is 5.16 Å². The van der Waals surface area contributed by atoms with E-state index in [1.807, 2.05) is 38.1 Å². The molecule has 0 saturated carbocycles. The highest BCUT2D eigenvalue weighted by Crippen LogP contribution is 2.21. The van der Waals surface area contributed by atoms with E-state index in [9.17, 15) is 4.79 Å². The van der Waals surface area contributed by atoms with E-state index in [0.717, 1.165) is 11.3 Å². The van der Waals surface area contributed by atoms with Crippen molar-refractivity contribution >= 4 is 5.97 Å². The average molecular weight is 367 g/mol. The van der Waals surface area contributed by atoms with Crippen molar-refractivity contribution in [1.29, 1.82) is 0 Å². The fourth-order valence-electron chi connectivity index (χ4n) is 2.37. The molecule has 0 saturated heterocycles. The summed E-state index contributed by atoms with van der Waals surface area (Å²) in [5.41, 5.74) is 2.63. The van der Waals surface area contributed by atoms with Gasteiger partial charge in [-0.3, -0.25) is 0 Å². The van der Waals surface area contributed by atoms with Crippen molar-refractivity contribution in [2.24, 2.45) is 0 Å². The van der Waals surface area contributed by atoms with Gasteiger partial charge in [-0.1, -0.05) is 35.0 Å². The highest BCUT2D eigenvalue weighted by molar-refractivity contribution is 5.71. The normalized spacial score (nSPS) is 10.4. The summed E-state index contributed by atoms with van der Waals surface area (Å²) in [6.45, 7) is 4.38. The number of carbonyl (C=O) groups excluding carboxylic acids is 1. The number of nitrogens with zero attached hydrogens (tertiary/aromatic N) is 1. The first-order valence-electron chi connectivity index (χ1n) is 8.68. The summed E-state index contributed by atoms with van der Waals surface area (Å²) in [5.74, 6) is 1.47. The third-order valence-electron chi connectivity index (χ3n) is 3.77. The molecule has 0 atom stereocenters. The largest absolute Gasteiger partial charge is 0.494 e. The minimum absolute atomic E-state index is 0.0286. The van der Waals surface area contributed by atoms with Crippen molar-refractivity contribution in [3.05, 3.63) is 65.9 Å². The Morgan fingerprint density at radius 1 is 1.00 bits per heavy atom. The molecule has 0 aliphatic rings. The van der Waals surface area contributed by atoms with Crippen LogP contribution < -0.4 is 9.47 Å². The van der Waals surface area contributed by atoms with Gasteiger partial charge in [0, 0.05) is 11.6 Å². The minimum Gasteiger partial charge on any atom is -0.494 e. The molecule has 0 spiro atoms. The Labute approximate surface area is 157 Å². The third-order valence-corrected chi connectivity index (χ3v) is 3.77. The number of ether oxygens (including phenoxy) is 3. The fraction of sp³-hybridized carbons (Fsp3) is 0.238. The van der Waals surface area contributed by atoms with E-state index in [4.69, 9.17) is 18.7 Å². The highest BCUT2D eigenvalue weighted by atomic mass is 16.6. The van der Waals surface area contributed by atoms with Crippen LogP contribution in [0.1, 0.15) is 18.2 Å². The van der Waals surface area contributed by atoms with Gasteiger partial charge < -0.3 is 18.7 Å². The van der Waals surface area contributed by atoms with Crippen LogP contribution in [0.15, 0.2) is 59.1 Å². The zero-order chi connectivity index (χ0) is 19.1. The Hall–Kier alpha value is -3.28. The Morgan fingerprint density at radius 3 is 2.33 bits per heavy atom. The molecule has 0 amide bonds.